The van der Waals surface area contributed by atoms with Crippen LogP contribution < -0.4 is 5.32 Å². The molecule has 2 aliphatic heterocycles. The summed E-state index contributed by atoms with van der Waals surface area (Å²) in [5, 5.41) is 3.54. The van der Waals surface area contributed by atoms with Gasteiger partial charge in [-0.15, -0.1) is 0 Å². The van der Waals surface area contributed by atoms with Crippen LogP contribution in [0, 0.1) is 11.8 Å². The van der Waals surface area contributed by atoms with Gasteiger partial charge < -0.3 is 5.32 Å². The lowest BCUT2D eigenvalue weighted by Gasteiger charge is -2.40. The number of nitrogens with zero attached hydrogens (tertiary/aromatic N) is 2. The molecule has 124 valence electrons. The molecule has 2 rings (SSSR count). The number of hydrogen-bond acceptors (Lipinski definition) is 3. The third-order valence-electron chi connectivity index (χ3n) is 4.80. The van der Waals surface area contributed by atoms with Gasteiger partial charge in [-0.25, -0.2) is 0 Å². The highest BCUT2D eigenvalue weighted by Crippen LogP contribution is 2.25. The summed E-state index contributed by atoms with van der Waals surface area (Å²) in [6.07, 6.45) is 4.18. The molecule has 5 nitrogen and oxygen atoms in total. The van der Waals surface area contributed by atoms with E-state index in [4.69, 9.17) is 0 Å². The Hall–Kier alpha value is -0.170. The predicted octanol–water partition coefficient (Wildman–Crippen LogP) is 1.67. The maximum atomic E-state index is 12.8. The highest BCUT2D eigenvalue weighted by atomic mass is 32.2. The molecule has 0 amide bonds. The lowest BCUT2D eigenvalue weighted by atomic mass is 9.95. The van der Waals surface area contributed by atoms with Gasteiger partial charge in [0.1, 0.15) is 0 Å². The molecule has 2 aliphatic rings. The molecule has 21 heavy (non-hydrogen) atoms. The van der Waals surface area contributed by atoms with Crippen LogP contribution in [0.4, 0.5) is 0 Å². The van der Waals surface area contributed by atoms with Crippen LogP contribution in [-0.2, 0) is 10.2 Å². The van der Waals surface area contributed by atoms with Crippen molar-refractivity contribution in [3.05, 3.63) is 0 Å². The number of nitrogens with one attached hydrogen (secondary N) is 1. The second-order valence-corrected chi connectivity index (χ2v) is 8.73. The Balaban J connectivity index is 1.96. The highest BCUT2D eigenvalue weighted by molar-refractivity contribution is 7.86. The average Bonchev–Trinajstić information content (AvgIpc) is 2.46. The van der Waals surface area contributed by atoms with Crippen molar-refractivity contribution in [1.29, 1.82) is 0 Å². The zero-order valence-electron chi connectivity index (χ0n) is 13.7. The van der Waals surface area contributed by atoms with E-state index in [9.17, 15) is 8.42 Å². The molecule has 2 fully saturated rings. The van der Waals surface area contributed by atoms with E-state index in [2.05, 4.69) is 26.1 Å². The fraction of sp³-hybridized carbons (Fsp3) is 1.00. The van der Waals surface area contributed by atoms with Gasteiger partial charge in [-0.1, -0.05) is 20.8 Å². The maximum Gasteiger partial charge on any atom is 0.281 e. The molecule has 0 radical (unpaired) electrons. The van der Waals surface area contributed by atoms with Gasteiger partial charge in [0.05, 0.1) is 0 Å². The molecule has 0 aromatic carbocycles. The van der Waals surface area contributed by atoms with Gasteiger partial charge in [-0.05, 0) is 44.1 Å². The van der Waals surface area contributed by atoms with Gasteiger partial charge in [-0.2, -0.15) is 17.0 Å². The summed E-state index contributed by atoms with van der Waals surface area (Å²) in [7, 11) is -3.26. The summed E-state index contributed by atoms with van der Waals surface area (Å²) in [5.41, 5.74) is 0. The molecule has 3 unspecified atom stereocenters. The van der Waals surface area contributed by atoms with Gasteiger partial charge in [0.2, 0.25) is 0 Å². The van der Waals surface area contributed by atoms with Gasteiger partial charge in [0, 0.05) is 32.2 Å². The van der Waals surface area contributed by atoms with Crippen LogP contribution in [0.1, 0.15) is 46.5 Å². The summed E-state index contributed by atoms with van der Waals surface area (Å²) >= 11 is 0. The largest absolute Gasteiger partial charge is 0.314 e. The van der Waals surface area contributed by atoms with Crippen LogP contribution >= 0.6 is 0 Å². The predicted molar refractivity (Wildman–Crippen MR) is 86.3 cm³/mol. The van der Waals surface area contributed by atoms with Crippen molar-refractivity contribution < 1.29 is 8.42 Å². The van der Waals surface area contributed by atoms with Crippen molar-refractivity contribution in [1.82, 2.24) is 13.9 Å². The molecule has 0 bridgehead atoms. The van der Waals surface area contributed by atoms with Crippen LogP contribution in [0.3, 0.4) is 0 Å². The second kappa shape index (κ2) is 7.40. The molecule has 2 saturated heterocycles. The Morgan fingerprint density at radius 1 is 1.10 bits per heavy atom. The Bertz CT molecular complexity index is 427. The Morgan fingerprint density at radius 2 is 1.81 bits per heavy atom. The number of hydrogen-bond donors (Lipinski definition) is 1. The fourth-order valence-electron chi connectivity index (χ4n) is 3.47. The van der Waals surface area contributed by atoms with E-state index in [1.807, 2.05) is 0 Å². The third kappa shape index (κ3) is 4.18. The maximum absolute atomic E-state index is 12.8. The zero-order valence-corrected chi connectivity index (χ0v) is 14.5. The molecule has 3 atom stereocenters. The summed E-state index contributed by atoms with van der Waals surface area (Å²) < 4.78 is 29.0. The van der Waals surface area contributed by atoms with Crippen molar-refractivity contribution in [2.45, 2.75) is 52.5 Å². The van der Waals surface area contributed by atoms with Crippen LogP contribution in [0.5, 0.6) is 0 Å². The average molecular weight is 317 g/mol. The zero-order chi connectivity index (χ0) is 15.5. The Labute approximate surface area is 130 Å². The van der Waals surface area contributed by atoms with Crippen molar-refractivity contribution in [2.24, 2.45) is 11.8 Å². The molecule has 0 saturated carbocycles. The SMILES string of the molecule is CCCNC1CCN(S(=O)(=O)N2CCCC(C)C2)CC1C. The van der Waals surface area contributed by atoms with Gasteiger partial charge in [0.15, 0.2) is 0 Å². The highest BCUT2D eigenvalue weighted by Gasteiger charge is 2.37. The summed E-state index contributed by atoms with van der Waals surface area (Å²) in [6.45, 7) is 10.2. The monoisotopic (exact) mass is 317 g/mol. The summed E-state index contributed by atoms with van der Waals surface area (Å²) in [5.74, 6) is 0.858. The van der Waals surface area contributed by atoms with E-state index < -0.39 is 10.2 Å². The number of piperidine rings is 2. The first-order valence-corrected chi connectivity index (χ1v) is 9.83. The molecular formula is C15H31N3O2S. The van der Waals surface area contributed by atoms with Gasteiger partial charge in [-0.3, -0.25) is 0 Å². The summed E-state index contributed by atoms with van der Waals surface area (Å²) in [6, 6.07) is 0.455. The first-order chi connectivity index (χ1) is 9.95. The lowest BCUT2D eigenvalue weighted by molar-refractivity contribution is 0.197. The Kier molecular flexibility index (Phi) is 6.05. The van der Waals surface area contributed by atoms with Crippen molar-refractivity contribution in [3.63, 3.8) is 0 Å². The fourth-order valence-corrected chi connectivity index (χ4v) is 5.36. The van der Waals surface area contributed by atoms with E-state index in [1.165, 1.54) is 0 Å². The van der Waals surface area contributed by atoms with E-state index >= 15 is 0 Å². The van der Waals surface area contributed by atoms with Crippen molar-refractivity contribution in [2.75, 3.05) is 32.7 Å². The van der Waals surface area contributed by atoms with Crippen molar-refractivity contribution in [3.8, 4) is 0 Å². The second-order valence-electron chi connectivity index (χ2n) is 6.80. The number of rotatable bonds is 5. The molecule has 0 spiro atoms. The Morgan fingerprint density at radius 3 is 2.43 bits per heavy atom. The quantitative estimate of drug-likeness (QED) is 0.839. The molecule has 2 heterocycles. The first-order valence-electron chi connectivity index (χ1n) is 8.43. The lowest BCUT2D eigenvalue weighted by Crippen LogP contribution is -2.55. The standard InChI is InChI=1S/C15H31N3O2S/c1-4-8-16-15-7-10-18(12-14(15)3)21(19,20)17-9-5-6-13(2)11-17/h13-16H,4-12H2,1-3H3. The van der Waals surface area contributed by atoms with E-state index in [-0.39, 0.29) is 0 Å². The van der Waals surface area contributed by atoms with E-state index in [0.29, 0.717) is 44.1 Å². The molecule has 0 aromatic heterocycles. The van der Waals surface area contributed by atoms with Gasteiger partial charge in [0.25, 0.3) is 10.2 Å². The van der Waals surface area contributed by atoms with Crippen LogP contribution in [0.2, 0.25) is 0 Å². The normalized spacial score (nSPS) is 33.2. The minimum atomic E-state index is -3.26. The third-order valence-corrected chi connectivity index (χ3v) is 6.77. The first kappa shape index (κ1) is 17.2. The minimum absolute atomic E-state index is 0.377. The minimum Gasteiger partial charge on any atom is -0.314 e. The summed E-state index contributed by atoms with van der Waals surface area (Å²) in [4.78, 5) is 0. The molecule has 0 aliphatic carbocycles. The molecular weight excluding hydrogens is 286 g/mol. The van der Waals surface area contributed by atoms with Crippen molar-refractivity contribution >= 4 is 10.2 Å². The van der Waals surface area contributed by atoms with Gasteiger partial charge >= 0.3 is 0 Å². The van der Waals surface area contributed by atoms with Crippen LogP contribution in [0.15, 0.2) is 0 Å². The van der Waals surface area contributed by atoms with Crippen LogP contribution in [0.25, 0.3) is 0 Å². The molecule has 6 heteroatoms. The molecule has 0 aromatic rings. The van der Waals surface area contributed by atoms with Crippen LogP contribution in [-0.4, -0.2) is 55.8 Å². The van der Waals surface area contributed by atoms with E-state index in [1.54, 1.807) is 8.61 Å². The topological polar surface area (TPSA) is 52.7 Å². The smallest absolute Gasteiger partial charge is 0.281 e. The van der Waals surface area contributed by atoms with E-state index in [0.717, 1.165) is 32.2 Å². The molecule has 1 N–H and O–H groups in total.